The Morgan fingerprint density at radius 2 is 2.33 bits per heavy atom. The Labute approximate surface area is 121 Å². The molecule has 3 N–H and O–H groups in total. The van der Waals surface area contributed by atoms with E-state index in [1.54, 1.807) is 0 Å². The maximum atomic E-state index is 9.30. The number of hydrogen-bond donors (Lipinski definition) is 2. The van der Waals surface area contributed by atoms with Crippen LogP contribution in [0.15, 0.2) is 22.7 Å². The number of piperidine rings is 1. The molecule has 1 aliphatic rings. The lowest BCUT2D eigenvalue weighted by atomic mass is 9.97. The van der Waals surface area contributed by atoms with Gasteiger partial charge in [-0.15, -0.1) is 0 Å². The molecular formula is C13H17BrN2OS. The van der Waals surface area contributed by atoms with Crippen LogP contribution in [-0.2, 0) is 0 Å². The second-order valence-corrected chi connectivity index (χ2v) is 6.02. The van der Waals surface area contributed by atoms with E-state index in [1.165, 1.54) is 0 Å². The fourth-order valence-corrected chi connectivity index (χ4v) is 2.93. The zero-order chi connectivity index (χ0) is 13.1. The van der Waals surface area contributed by atoms with E-state index in [2.05, 4.69) is 20.8 Å². The van der Waals surface area contributed by atoms with E-state index in [4.69, 9.17) is 18.0 Å². The third kappa shape index (κ3) is 3.02. The van der Waals surface area contributed by atoms with Gasteiger partial charge in [-0.3, -0.25) is 0 Å². The lowest BCUT2D eigenvalue weighted by Gasteiger charge is -2.34. The van der Waals surface area contributed by atoms with Crippen molar-refractivity contribution in [2.75, 3.05) is 24.6 Å². The summed E-state index contributed by atoms with van der Waals surface area (Å²) in [5.74, 6) is 0.344. The second-order valence-electron chi connectivity index (χ2n) is 4.66. The van der Waals surface area contributed by atoms with Crippen molar-refractivity contribution >= 4 is 38.8 Å². The van der Waals surface area contributed by atoms with E-state index in [0.717, 1.165) is 41.7 Å². The standard InChI is InChI=1S/C13H17BrN2OS/c14-10-3-4-11(13(15)18)12(6-10)16-5-1-2-9(7-16)8-17/h3-4,6,9,17H,1-2,5,7-8H2,(H2,15,18). The molecule has 0 radical (unpaired) electrons. The highest BCUT2D eigenvalue weighted by Crippen LogP contribution is 2.29. The van der Waals surface area contributed by atoms with E-state index in [-0.39, 0.29) is 6.61 Å². The summed E-state index contributed by atoms with van der Waals surface area (Å²) in [6.07, 6.45) is 2.18. The largest absolute Gasteiger partial charge is 0.396 e. The van der Waals surface area contributed by atoms with Crippen LogP contribution in [0.2, 0.25) is 0 Å². The van der Waals surface area contributed by atoms with Crippen LogP contribution in [-0.4, -0.2) is 29.8 Å². The highest BCUT2D eigenvalue weighted by Gasteiger charge is 2.21. The summed E-state index contributed by atoms with van der Waals surface area (Å²) in [4.78, 5) is 2.69. The van der Waals surface area contributed by atoms with Crippen molar-refractivity contribution in [2.45, 2.75) is 12.8 Å². The van der Waals surface area contributed by atoms with Crippen LogP contribution in [0.25, 0.3) is 0 Å². The third-order valence-corrected chi connectivity index (χ3v) is 4.06. The summed E-state index contributed by atoms with van der Waals surface area (Å²) < 4.78 is 1.02. The molecule has 0 bridgehead atoms. The van der Waals surface area contributed by atoms with Gasteiger partial charge in [-0.05, 0) is 37.0 Å². The second kappa shape index (κ2) is 5.99. The fraction of sp³-hybridized carbons (Fsp3) is 0.462. The molecule has 1 aliphatic heterocycles. The molecule has 0 aliphatic carbocycles. The topological polar surface area (TPSA) is 49.5 Å². The predicted octanol–water partition coefficient (Wildman–Crippen LogP) is 2.29. The van der Waals surface area contributed by atoms with Crippen molar-refractivity contribution in [3.63, 3.8) is 0 Å². The number of benzene rings is 1. The average molecular weight is 329 g/mol. The summed E-state index contributed by atoms with van der Waals surface area (Å²) >= 11 is 8.59. The van der Waals surface area contributed by atoms with Crippen molar-refractivity contribution in [1.82, 2.24) is 0 Å². The molecule has 1 fully saturated rings. The molecule has 0 saturated carbocycles. The molecule has 1 aromatic carbocycles. The van der Waals surface area contributed by atoms with Crippen LogP contribution in [0, 0.1) is 5.92 Å². The molecule has 0 spiro atoms. The van der Waals surface area contributed by atoms with Crippen LogP contribution >= 0.6 is 28.1 Å². The molecule has 2 rings (SSSR count). The normalized spacial score (nSPS) is 19.9. The molecule has 1 atom stereocenters. The minimum absolute atomic E-state index is 0.243. The number of hydrogen-bond acceptors (Lipinski definition) is 3. The van der Waals surface area contributed by atoms with Crippen LogP contribution in [0.1, 0.15) is 18.4 Å². The third-order valence-electron chi connectivity index (χ3n) is 3.34. The molecule has 1 heterocycles. The molecular weight excluding hydrogens is 312 g/mol. The Bertz CT molecular complexity index is 453. The van der Waals surface area contributed by atoms with Gasteiger partial charge in [-0.25, -0.2) is 0 Å². The summed E-state index contributed by atoms with van der Waals surface area (Å²) in [6.45, 7) is 2.10. The molecule has 1 saturated heterocycles. The number of nitrogens with zero attached hydrogens (tertiary/aromatic N) is 1. The highest BCUT2D eigenvalue weighted by molar-refractivity contribution is 9.10. The number of thiocarbonyl (C=S) groups is 1. The minimum atomic E-state index is 0.243. The maximum Gasteiger partial charge on any atom is 0.106 e. The van der Waals surface area contributed by atoms with Crippen molar-refractivity contribution in [3.8, 4) is 0 Å². The lowest BCUT2D eigenvalue weighted by Crippen LogP contribution is -2.37. The van der Waals surface area contributed by atoms with Crippen LogP contribution in [0.3, 0.4) is 0 Å². The van der Waals surface area contributed by atoms with Gasteiger partial charge >= 0.3 is 0 Å². The molecule has 1 unspecified atom stereocenters. The van der Waals surface area contributed by atoms with Gasteiger partial charge in [0.15, 0.2) is 0 Å². The van der Waals surface area contributed by atoms with Gasteiger partial charge in [-0.2, -0.15) is 0 Å². The SMILES string of the molecule is NC(=S)c1ccc(Br)cc1N1CCCC(CO)C1. The smallest absolute Gasteiger partial charge is 0.106 e. The van der Waals surface area contributed by atoms with Gasteiger partial charge < -0.3 is 15.7 Å². The Kier molecular flexibility index (Phi) is 4.59. The first-order valence-electron chi connectivity index (χ1n) is 6.07. The van der Waals surface area contributed by atoms with Crippen LogP contribution in [0.5, 0.6) is 0 Å². The van der Waals surface area contributed by atoms with Crippen molar-refractivity contribution in [2.24, 2.45) is 11.7 Å². The molecule has 0 aromatic heterocycles. The van der Waals surface area contributed by atoms with Gasteiger partial charge in [0.25, 0.3) is 0 Å². The zero-order valence-corrected chi connectivity index (χ0v) is 12.5. The number of aliphatic hydroxyl groups excluding tert-OH is 1. The number of halogens is 1. The minimum Gasteiger partial charge on any atom is -0.396 e. The number of nitrogens with two attached hydrogens (primary N) is 1. The Morgan fingerprint density at radius 1 is 1.56 bits per heavy atom. The number of aliphatic hydroxyl groups is 1. The Hall–Kier alpha value is -0.650. The lowest BCUT2D eigenvalue weighted by molar-refractivity contribution is 0.208. The molecule has 3 nitrogen and oxygen atoms in total. The van der Waals surface area contributed by atoms with E-state index in [9.17, 15) is 5.11 Å². The predicted molar refractivity (Wildman–Crippen MR) is 82.1 cm³/mol. The van der Waals surface area contributed by atoms with E-state index in [1.807, 2.05) is 18.2 Å². The summed E-state index contributed by atoms with van der Waals surface area (Å²) in [7, 11) is 0. The van der Waals surface area contributed by atoms with Gasteiger partial charge in [0.2, 0.25) is 0 Å². The molecule has 1 aromatic rings. The van der Waals surface area contributed by atoms with Crippen molar-refractivity contribution in [3.05, 3.63) is 28.2 Å². The van der Waals surface area contributed by atoms with Crippen LogP contribution < -0.4 is 10.6 Å². The van der Waals surface area contributed by atoms with Crippen molar-refractivity contribution < 1.29 is 5.11 Å². The first-order chi connectivity index (χ1) is 8.61. The number of anilines is 1. The van der Waals surface area contributed by atoms with Gasteiger partial charge in [-0.1, -0.05) is 28.1 Å². The zero-order valence-electron chi connectivity index (χ0n) is 10.1. The van der Waals surface area contributed by atoms with Crippen molar-refractivity contribution in [1.29, 1.82) is 0 Å². The van der Waals surface area contributed by atoms with E-state index >= 15 is 0 Å². The van der Waals surface area contributed by atoms with Gasteiger partial charge in [0.05, 0.1) is 0 Å². The first-order valence-corrected chi connectivity index (χ1v) is 7.27. The monoisotopic (exact) mass is 328 g/mol. The van der Waals surface area contributed by atoms with E-state index in [0.29, 0.717) is 10.9 Å². The quantitative estimate of drug-likeness (QED) is 0.836. The molecule has 18 heavy (non-hydrogen) atoms. The van der Waals surface area contributed by atoms with E-state index < -0.39 is 0 Å². The Balaban J connectivity index is 2.31. The van der Waals surface area contributed by atoms with Crippen LogP contribution in [0.4, 0.5) is 5.69 Å². The number of rotatable bonds is 3. The summed E-state index contributed by atoms with van der Waals surface area (Å²) in [5.41, 5.74) is 7.75. The Morgan fingerprint density at radius 3 is 3.00 bits per heavy atom. The summed E-state index contributed by atoms with van der Waals surface area (Å²) in [6, 6.07) is 5.95. The molecule has 98 valence electrons. The van der Waals surface area contributed by atoms with Gasteiger partial charge in [0.1, 0.15) is 4.99 Å². The molecule has 5 heteroatoms. The average Bonchev–Trinajstić information content (AvgIpc) is 2.38. The first kappa shape index (κ1) is 13.8. The fourth-order valence-electron chi connectivity index (χ4n) is 2.41. The van der Waals surface area contributed by atoms with Gasteiger partial charge in [0, 0.05) is 35.4 Å². The highest BCUT2D eigenvalue weighted by atomic mass is 79.9. The molecule has 0 amide bonds. The summed E-state index contributed by atoms with van der Waals surface area (Å²) in [5, 5.41) is 9.30. The maximum absolute atomic E-state index is 9.30.